The highest BCUT2D eigenvalue weighted by Crippen LogP contribution is 2.10. The minimum Gasteiger partial charge on any atom is -0.462 e. The van der Waals surface area contributed by atoms with Crippen molar-refractivity contribution in [2.24, 2.45) is 5.73 Å². The number of hydrogen-bond donors (Lipinski definition) is 2. The maximum atomic E-state index is 10.5. The van der Waals surface area contributed by atoms with Crippen LogP contribution >= 0.6 is 0 Å². The van der Waals surface area contributed by atoms with E-state index in [0.717, 1.165) is 0 Å². The molecular formula is C9H14N2O4. The molecule has 0 saturated carbocycles. The molecule has 0 aliphatic rings. The van der Waals surface area contributed by atoms with Gasteiger partial charge in [-0.3, -0.25) is 5.21 Å². The van der Waals surface area contributed by atoms with Gasteiger partial charge in [-0.1, -0.05) is 0 Å². The minimum atomic E-state index is -0.919. The Morgan fingerprint density at radius 3 is 2.87 bits per heavy atom. The van der Waals surface area contributed by atoms with Gasteiger partial charge in [0.1, 0.15) is 24.7 Å². The van der Waals surface area contributed by atoms with Gasteiger partial charge in [0.2, 0.25) is 0 Å². The molecule has 0 spiro atoms. The van der Waals surface area contributed by atoms with Gasteiger partial charge in [-0.2, -0.15) is 5.06 Å². The largest absolute Gasteiger partial charge is 0.462 e. The summed E-state index contributed by atoms with van der Waals surface area (Å²) in [6.07, 6.45) is 0. The van der Waals surface area contributed by atoms with E-state index < -0.39 is 6.03 Å². The van der Waals surface area contributed by atoms with E-state index in [-0.39, 0.29) is 6.54 Å². The van der Waals surface area contributed by atoms with Gasteiger partial charge in [-0.15, -0.1) is 0 Å². The number of hydrogen-bond acceptors (Lipinski definition) is 4. The molecule has 0 bridgehead atoms. The van der Waals surface area contributed by atoms with Gasteiger partial charge in [-0.25, -0.2) is 4.79 Å². The summed E-state index contributed by atoms with van der Waals surface area (Å²) in [6.45, 7) is 2.79. The number of rotatable bonds is 5. The fourth-order valence-electron chi connectivity index (χ4n) is 1.01. The molecule has 6 nitrogen and oxygen atoms in total. The van der Waals surface area contributed by atoms with Crippen LogP contribution in [0.3, 0.4) is 0 Å². The molecule has 1 rings (SSSR count). The van der Waals surface area contributed by atoms with Crippen molar-refractivity contribution in [2.75, 3.05) is 6.61 Å². The van der Waals surface area contributed by atoms with E-state index in [1.165, 1.54) is 0 Å². The number of amides is 2. The van der Waals surface area contributed by atoms with E-state index in [4.69, 9.17) is 20.1 Å². The lowest BCUT2D eigenvalue weighted by Gasteiger charge is -2.08. The predicted molar refractivity (Wildman–Crippen MR) is 51.0 cm³/mol. The fourth-order valence-corrected chi connectivity index (χ4v) is 1.01. The highest BCUT2D eigenvalue weighted by Gasteiger charge is 2.09. The Morgan fingerprint density at radius 2 is 2.27 bits per heavy atom. The summed E-state index contributed by atoms with van der Waals surface area (Å²) in [4.78, 5) is 10.5. The van der Waals surface area contributed by atoms with Crippen molar-refractivity contribution in [3.05, 3.63) is 23.7 Å². The summed E-state index contributed by atoms with van der Waals surface area (Å²) in [5.41, 5.74) is 4.84. The van der Waals surface area contributed by atoms with Crippen LogP contribution in [0, 0.1) is 0 Å². The Morgan fingerprint density at radius 1 is 1.60 bits per heavy atom. The second-order valence-electron chi connectivity index (χ2n) is 2.90. The maximum absolute atomic E-state index is 10.5. The molecule has 2 amide bonds. The van der Waals surface area contributed by atoms with E-state index in [2.05, 4.69) is 0 Å². The number of nitrogens with zero attached hydrogens (tertiary/aromatic N) is 1. The molecule has 1 heterocycles. The van der Waals surface area contributed by atoms with E-state index in [1.54, 1.807) is 12.1 Å². The average Bonchev–Trinajstić information content (AvgIpc) is 2.62. The highest BCUT2D eigenvalue weighted by molar-refractivity contribution is 5.70. The molecule has 0 fully saturated rings. The molecule has 6 heteroatoms. The summed E-state index contributed by atoms with van der Waals surface area (Å²) in [5.74, 6) is 1.09. The minimum absolute atomic E-state index is 0.0680. The van der Waals surface area contributed by atoms with Crippen LogP contribution in [0.2, 0.25) is 0 Å². The van der Waals surface area contributed by atoms with Gasteiger partial charge < -0.3 is 14.9 Å². The zero-order valence-electron chi connectivity index (χ0n) is 8.47. The van der Waals surface area contributed by atoms with Crippen molar-refractivity contribution >= 4 is 6.03 Å². The van der Waals surface area contributed by atoms with E-state index in [9.17, 15) is 4.79 Å². The van der Waals surface area contributed by atoms with Crippen molar-refractivity contribution in [3.8, 4) is 0 Å². The van der Waals surface area contributed by atoms with Crippen molar-refractivity contribution in [3.63, 3.8) is 0 Å². The number of carbonyl (C=O) groups is 1. The number of nitrogens with two attached hydrogens (primary N) is 1. The first-order chi connectivity index (χ1) is 7.13. The Labute approximate surface area is 87.2 Å². The second-order valence-corrected chi connectivity index (χ2v) is 2.90. The monoisotopic (exact) mass is 214 g/mol. The lowest BCUT2D eigenvalue weighted by atomic mass is 10.4. The number of carbonyl (C=O) groups excluding carboxylic acids is 1. The number of furan rings is 1. The Bertz CT molecular complexity index is 324. The summed E-state index contributed by atoms with van der Waals surface area (Å²) >= 11 is 0. The zero-order valence-corrected chi connectivity index (χ0v) is 8.47. The third kappa shape index (κ3) is 3.61. The molecule has 0 aliphatic heterocycles. The van der Waals surface area contributed by atoms with E-state index in [0.29, 0.717) is 29.8 Å². The molecule has 0 atom stereocenters. The number of urea groups is 1. The molecular weight excluding hydrogens is 200 g/mol. The lowest BCUT2D eigenvalue weighted by molar-refractivity contribution is -0.0517. The molecule has 0 aliphatic carbocycles. The predicted octanol–water partition coefficient (Wildman–Crippen LogP) is 1.09. The third-order valence-corrected chi connectivity index (χ3v) is 1.73. The van der Waals surface area contributed by atoms with Crippen LogP contribution in [0.4, 0.5) is 4.79 Å². The van der Waals surface area contributed by atoms with E-state index in [1.807, 2.05) is 6.92 Å². The maximum Gasteiger partial charge on any atom is 0.338 e. The standard InChI is InChI=1S/C9H14N2O4/c1-2-14-6-8-4-3-7(15-8)5-11(13)9(10)12/h3-4,13H,2,5-6H2,1H3,(H2,10,12). The number of hydroxylamine groups is 2. The lowest BCUT2D eigenvalue weighted by Crippen LogP contribution is -2.31. The first-order valence-electron chi connectivity index (χ1n) is 4.54. The molecule has 1 aromatic heterocycles. The first-order valence-corrected chi connectivity index (χ1v) is 4.54. The SMILES string of the molecule is CCOCc1ccc(CN(O)C(N)=O)o1. The third-order valence-electron chi connectivity index (χ3n) is 1.73. The summed E-state index contributed by atoms with van der Waals surface area (Å²) < 4.78 is 10.4. The summed E-state index contributed by atoms with van der Waals surface area (Å²) in [6, 6.07) is 2.46. The van der Waals surface area contributed by atoms with Crippen molar-refractivity contribution in [1.82, 2.24) is 5.06 Å². The smallest absolute Gasteiger partial charge is 0.338 e. The van der Waals surface area contributed by atoms with Crippen LogP contribution in [-0.2, 0) is 17.9 Å². The fraction of sp³-hybridized carbons (Fsp3) is 0.444. The van der Waals surface area contributed by atoms with Gasteiger partial charge in [0.25, 0.3) is 0 Å². The summed E-state index contributed by atoms with van der Waals surface area (Å²) in [5, 5.41) is 9.41. The molecule has 0 unspecified atom stereocenters. The quantitative estimate of drug-likeness (QED) is 0.567. The molecule has 0 radical (unpaired) electrons. The van der Waals surface area contributed by atoms with Crippen molar-refractivity contribution in [1.29, 1.82) is 0 Å². The Balaban J connectivity index is 2.49. The van der Waals surface area contributed by atoms with Crippen molar-refractivity contribution in [2.45, 2.75) is 20.1 Å². The topological polar surface area (TPSA) is 88.9 Å². The van der Waals surface area contributed by atoms with Crippen LogP contribution in [-0.4, -0.2) is 22.9 Å². The van der Waals surface area contributed by atoms with Gasteiger partial charge in [0, 0.05) is 6.61 Å². The van der Waals surface area contributed by atoms with Crippen LogP contribution in [0.15, 0.2) is 16.5 Å². The van der Waals surface area contributed by atoms with Crippen LogP contribution in [0.1, 0.15) is 18.4 Å². The molecule has 84 valence electrons. The van der Waals surface area contributed by atoms with Gasteiger partial charge in [0.05, 0.1) is 0 Å². The Kier molecular flexibility index (Phi) is 4.14. The number of ether oxygens (including phenoxy) is 1. The highest BCUT2D eigenvalue weighted by atomic mass is 16.5. The normalized spacial score (nSPS) is 10.3. The van der Waals surface area contributed by atoms with Gasteiger partial charge in [-0.05, 0) is 19.1 Å². The molecule has 15 heavy (non-hydrogen) atoms. The second kappa shape index (κ2) is 5.38. The van der Waals surface area contributed by atoms with E-state index >= 15 is 0 Å². The molecule has 0 saturated heterocycles. The van der Waals surface area contributed by atoms with Gasteiger partial charge >= 0.3 is 6.03 Å². The molecule has 0 aromatic carbocycles. The van der Waals surface area contributed by atoms with Crippen LogP contribution in [0.5, 0.6) is 0 Å². The number of primary amides is 1. The molecule has 3 N–H and O–H groups in total. The summed E-state index contributed by atoms with van der Waals surface area (Å²) in [7, 11) is 0. The first kappa shape index (κ1) is 11.5. The van der Waals surface area contributed by atoms with Crippen LogP contribution in [0.25, 0.3) is 0 Å². The molecule has 1 aromatic rings. The Hall–Kier alpha value is -1.53. The van der Waals surface area contributed by atoms with Crippen LogP contribution < -0.4 is 5.73 Å². The average molecular weight is 214 g/mol. The van der Waals surface area contributed by atoms with Gasteiger partial charge in [0.15, 0.2) is 0 Å². The zero-order chi connectivity index (χ0) is 11.3. The van der Waals surface area contributed by atoms with Crippen molar-refractivity contribution < 1.29 is 19.2 Å².